The Morgan fingerprint density at radius 2 is 1.97 bits per heavy atom. The van der Waals surface area contributed by atoms with Gasteiger partial charge in [0.25, 0.3) is 0 Å². The van der Waals surface area contributed by atoms with Crippen molar-refractivity contribution in [3.63, 3.8) is 0 Å². The summed E-state index contributed by atoms with van der Waals surface area (Å²) in [6, 6.07) is 17.7. The molecule has 0 amide bonds. The summed E-state index contributed by atoms with van der Waals surface area (Å²) in [7, 11) is 3.51. The van der Waals surface area contributed by atoms with Crippen molar-refractivity contribution in [2.75, 3.05) is 19.5 Å². The van der Waals surface area contributed by atoms with Crippen molar-refractivity contribution in [2.45, 2.75) is 11.4 Å². The number of nitrogens with one attached hydrogen (secondary N) is 2. The summed E-state index contributed by atoms with van der Waals surface area (Å²) in [6.07, 6.45) is 2.15. The molecule has 4 rings (SSSR count). The first-order valence-electron chi connectivity index (χ1n) is 9.27. The zero-order chi connectivity index (χ0) is 21.1. The van der Waals surface area contributed by atoms with Gasteiger partial charge in [-0.3, -0.25) is 3.97 Å². The van der Waals surface area contributed by atoms with E-state index in [0.29, 0.717) is 16.7 Å². The molecule has 2 aromatic heterocycles. The van der Waals surface area contributed by atoms with Gasteiger partial charge in [-0.25, -0.2) is 0 Å². The van der Waals surface area contributed by atoms with E-state index >= 15 is 0 Å². The molecule has 0 saturated carbocycles. The Morgan fingerprint density at radius 3 is 2.70 bits per heavy atom. The van der Waals surface area contributed by atoms with E-state index in [1.807, 2.05) is 43.4 Å². The second kappa shape index (κ2) is 9.18. The molecule has 0 bridgehead atoms. The first-order valence-corrected chi connectivity index (χ1v) is 10.8. The topological polar surface area (TPSA) is 51.1 Å². The summed E-state index contributed by atoms with van der Waals surface area (Å²) >= 11 is 14.1. The molecule has 0 aliphatic rings. The number of anilines is 2. The molecule has 8 heteroatoms. The number of benzene rings is 2. The lowest BCUT2D eigenvalue weighted by molar-refractivity contribution is 0.398. The van der Waals surface area contributed by atoms with E-state index < -0.39 is 0 Å². The van der Waals surface area contributed by atoms with Gasteiger partial charge < -0.3 is 15.4 Å². The van der Waals surface area contributed by atoms with Crippen molar-refractivity contribution < 1.29 is 4.74 Å². The lowest BCUT2D eigenvalue weighted by Gasteiger charge is -2.10. The van der Waals surface area contributed by atoms with Gasteiger partial charge in [0.1, 0.15) is 0 Å². The molecule has 2 N–H and O–H groups in total. The molecule has 0 spiro atoms. The molecule has 0 atom stereocenters. The molecule has 2 heterocycles. The summed E-state index contributed by atoms with van der Waals surface area (Å²) in [5.41, 5.74) is 3.94. The molecule has 30 heavy (non-hydrogen) atoms. The standard InChI is InChI=1S/C22H20Cl2N4OS/c1-25-12-14-13-28(30-17-5-3-4-15(23)10-17)20-11-16(6-7-18(14)20)26-19-8-9-21(29-2)27-22(19)24/h3-11,13,25-26H,12H2,1-2H3. The van der Waals surface area contributed by atoms with Crippen LogP contribution < -0.4 is 15.4 Å². The van der Waals surface area contributed by atoms with Gasteiger partial charge in [0.05, 0.1) is 18.3 Å². The second-order valence-corrected chi connectivity index (χ2v) is 8.45. The van der Waals surface area contributed by atoms with Crippen molar-refractivity contribution >= 4 is 57.4 Å². The fraction of sp³-hybridized carbons (Fsp3) is 0.136. The third-order valence-corrected chi connectivity index (χ3v) is 6.02. The van der Waals surface area contributed by atoms with E-state index in [0.717, 1.165) is 27.7 Å². The Kier molecular flexibility index (Phi) is 6.39. The Bertz CT molecular complexity index is 1200. The molecule has 2 aromatic carbocycles. The van der Waals surface area contributed by atoms with Gasteiger partial charge in [0, 0.05) is 39.8 Å². The molecule has 0 radical (unpaired) electrons. The molecular weight excluding hydrogens is 439 g/mol. The fourth-order valence-corrected chi connectivity index (χ4v) is 4.59. The largest absolute Gasteiger partial charge is 0.481 e. The smallest absolute Gasteiger partial charge is 0.214 e. The average Bonchev–Trinajstić information content (AvgIpc) is 3.06. The summed E-state index contributed by atoms with van der Waals surface area (Å²) in [5.74, 6) is 0.476. The van der Waals surface area contributed by atoms with Crippen LogP contribution in [0.15, 0.2) is 65.7 Å². The van der Waals surface area contributed by atoms with Gasteiger partial charge in [-0.05, 0) is 61.0 Å². The maximum atomic E-state index is 6.29. The molecule has 0 aliphatic carbocycles. The number of rotatable bonds is 7. The van der Waals surface area contributed by atoms with Crippen LogP contribution in [-0.2, 0) is 6.54 Å². The molecule has 0 unspecified atom stereocenters. The van der Waals surface area contributed by atoms with Crippen molar-refractivity contribution in [1.29, 1.82) is 0 Å². The number of nitrogens with zero attached hydrogens (tertiary/aromatic N) is 2. The minimum absolute atomic E-state index is 0.356. The number of hydrogen-bond donors (Lipinski definition) is 2. The van der Waals surface area contributed by atoms with Crippen LogP contribution in [-0.4, -0.2) is 23.1 Å². The Morgan fingerprint density at radius 1 is 1.10 bits per heavy atom. The summed E-state index contributed by atoms with van der Waals surface area (Å²) in [5, 5.41) is 8.84. The lowest BCUT2D eigenvalue weighted by Crippen LogP contribution is -2.04. The summed E-state index contributed by atoms with van der Waals surface area (Å²) < 4.78 is 7.28. The van der Waals surface area contributed by atoms with Crippen molar-refractivity contribution in [3.05, 3.63) is 76.5 Å². The second-order valence-electron chi connectivity index (χ2n) is 6.61. The zero-order valence-electron chi connectivity index (χ0n) is 16.4. The molecule has 0 saturated heterocycles. The van der Waals surface area contributed by atoms with Crippen LogP contribution in [0.25, 0.3) is 10.9 Å². The number of hydrogen-bond acceptors (Lipinski definition) is 5. The first-order chi connectivity index (χ1) is 14.6. The maximum absolute atomic E-state index is 6.29. The molecule has 5 nitrogen and oxygen atoms in total. The SMILES string of the molecule is CNCc1cn(Sc2cccc(Cl)c2)c2cc(Nc3ccc(OC)nc3Cl)ccc12. The Labute approximate surface area is 189 Å². The monoisotopic (exact) mass is 458 g/mol. The molecule has 154 valence electrons. The predicted octanol–water partition coefficient (Wildman–Crippen LogP) is 6.37. The van der Waals surface area contributed by atoms with Crippen molar-refractivity contribution in [2.24, 2.45) is 0 Å². The van der Waals surface area contributed by atoms with Crippen LogP contribution in [0, 0.1) is 0 Å². The number of halogens is 2. The molecule has 0 fully saturated rings. The molecule has 0 aliphatic heterocycles. The highest BCUT2D eigenvalue weighted by Crippen LogP contribution is 2.34. The number of aromatic nitrogens is 2. The van der Waals surface area contributed by atoms with E-state index in [9.17, 15) is 0 Å². The van der Waals surface area contributed by atoms with Crippen LogP contribution in [0.1, 0.15) is 5.56 Å². The predicted molar refractivity (Wildman–Crippen MR) is 126 cm³/mol. The Hall–Kier alpha value is -2.38. The van der Waals surface area contributed by atoms with E-state index in [2.05, 4.69) is 37.9 Å². The highest BCUT2D eigenvalue weighted by molar-refractivity contribution is 7.98. The lowest BCUT2D eigenvalue weighted by atomic mass is 10.1. The third-order valence-electron chi connectivity index (χ3n) is 4.53. The number of methoxy groups -OCH3 is 1. The van der Waals surface area contributed by atoms with E-state index in [1.165, 1.54) is 10.9 Å². The third kappa shape index (κ3) is 4.52. The van der Waals surface area contributed by atoms with Crippen LogP contribution in [0.3, 0.4) is 0 Å². The number of fused-ring (bicyclic) bond motifs is 1. The number of pyridine rings is 1. The van der Waals surface area contributed by atoms with Crippen LogP contribution in [0.5, 0.6) is 5.88 Å². The summed E-state index contributed by atoms with van der Waals surface area (Å²) in [4.78, 5) is 5.28. The highest BCUT2D eigenvalue weighted by Gasteiger charge is 2.12. The van der Waals surface area contributed by atoms with E-state index in [4.69, 9.17) is 27.9 Å². The van der Waals surface area contributed by atoms with E-state index in [-0.39, 0.29) is 0 Å². The quantitative estimate of drug-likeness (QED) is 0.315. The van der Waals surface area contributed by atoms with Crippen LogP contribution >= 0.6 is 35.1 Å². The Balaban J connectivity index is 1.71. The average molecular weight is 459 g/mol. The van der Waals surface area contributed by atoms with Gasteiger partial charge in [-0.15, -0.1) is 0 Å². The fourth-order valence-electron chi connectivity index (χ4n) is 3.17. The minimum atomic E-state index is 0.356. The van der Waals surface area contributed by atoms with Gasteiger partial charge in [-0.1, -0.05) is 35.3 Å². The van der Waals surface area contributed by atoms with Crippen LogP contribution in [0.2, 0.25) is 10.2 Å². The van der Waals surface area contributed by atoms with E-state index in [1.54, 1.807) is 25.1 Å². The van der Waals surface area contributed by atoms with Gasteiger partial charge in [-0.2, -0.15) is 4.98 Å². The first kappa shape index (κ1) is 20.9. The molecular formula is C22H20Cl2N4OS. The highest BCUT2D eigenvalue weighted by atomic mass is 35.5. The van der Waals surface area contributed by atoms with Crippen LogP contribution in [0.4, 0.5) is 11.4 Å². The van der Waals surface area contributed by atoms with Crippen molar-refractivity contribution in [3.8, 4) is 5.88 Å². The van der Waals surface area contributed by atoms with Gasteiger partial charge in [0.15, 0.2) is 5.15 Å². The minimum Gasteiger partial charge on any atom is -0.481 e. The summed E-state index contributed by atoms with van der Waals surface area (Å²) in [6.45, 7) is 0.778. The number of ether oxygens (including phenoxy) is 1. The zero-order valence-corrected chi connectivity index (χ0v) is 18.8. The molecule has 4 aromatic rings. The normalized spacial score (nSPS) is 11.1. The maximum Gasteiger partial charge on any atom is 0.214 e. The van der Waals surface area contributed by atoms with Gasteiger partial charge >= 0.3 is 0 Å². The van der Waals surface area contributed by atoms with Crippen molar-refractivity contribution in [1.82, 2.24) is 14.3 Å². The van der Waals surface area contributed by atoms with Gasteiger partial charge in [0.2, 0.25) is 5.88 Å².